The maximum Gasteiger partial charge on any atom is 0.336 e. The molecule has 0 spiro atoms. The monoisotopic (exact) mass is 251 g/mol. The first-order valence-corrected chi connectivity index (χ1v) is 6.29. The summed E-state index contributed by atoms with van der Waals surface area (Å²) in [7, 11) is 0. The molecule has 100 valence electrons. The third-order valence-electron chi connectivity index (χ3n) is 2.76. The summed E-state index contributed by atoms with van der Waals surface area (Å²) in [4.78, 5) is 11.6. The van der Waals surface area contributed by atoms with Crippen molar-refractivity contribution in [2.75, 3.05) is 0 Å². The van der Waals surface area contributed by atoms with Crippen molar-refractivity contribution in [1.29, 1.82) is 0 Å². The number of rotatable bonds is 7. The topological polar surface area (TPSA) is 72.5 Å². The molecular formula is C14H21NO3. The Morgan fingerprint density at radius 3 is 2.67 bits per heavy atom. The number of hydrogen-bond donors (Lipinski definition) is 2. The van der Waals surface area contributed by atoms with E-state index in [0.29, 0.717) is 6.42 Å². The van der Waals surface area contributed by atoms with Crippen molar-refractivity contribution in [2.45, 2.75) is 44.9 Å². The zero-order valence-corrected chi connectivity index (χ0v) is 10.7. The standard InChI is InChI=1S/C14H21NO3/c1-2-3-9-12(15)13(16)14(17)18-10-11-7-5-4-6-8-11/h4-8,12-13,16H,2-3,9-10,15H2,1H3/t12-,13?/m0/s1. The molecule has 0 saturated heterocycles. The van der Waals surface area contributed by atoms with Crippen molar-refractivity contribution >= 4 is 5.97 Å². The second-order valence-corrected chi connectivity index (χ2v) is 4.34. The van der Waals surface area contributed by atoms with E-state index in [1.807, 2.05) is 37.3 Å². The molecule has 0 aliphatic carbocycles. The number of nitrogens with two attached hydrogens (primary N) is 1. The first kappa shape index (κ1) is 14.7. The fraction of sp³-hybridized carbons (Fsp3) is 0.500. The molecule has 0 fully saturated rings. The lowest BCUT2D eigenvalue weighted by Crippen LogP contribution is -2.41. The highest BCUT2D eigenvalue weighted by atomic mass is 16.5. The Morgan fingerprint density at radius 1 is 1.39 bits per heavy atom. The number of ether oxygens (including phenoxy) is 1. The molecule has 4 nitrogen and oxygen atoms in total. The van der Waals surface area contributed by atoms with Crippen LogP contribution in [0.1, 0.15) is 31.7 Å². The molecule has 0 amide bonds. The predicted molar refractivity (Wildman–Crippen MR) is 69.7 cm³/mol. The van der Waals surface area contributed by atoms with Gasteiger partial charge in [0.25, 0.3) is 0 Å². The summed E-state index contributed by atoms with van der Waals surface area (Å²) in [6.07, 6.45) is 1.27. The van der Waals surface area contributed by atoms with Crippen LogP contribution in [-0.2, 0) is 16.1 Å². The van der Waals surface area contributed by atoms with Gasteiger partial charge in [-0.25, -0.2) is 4.79 Å². The van der Waals surface area contributed by atoms with Crippen molar-refractivity contribution in [3.05, 3.63) is 35.9 Å². The molecule has 0 heterocycles. The van der Waals surface area contributed by atoms with Crippen LogP contribution >= 0.6 is 0 Å². The van der Waals surface area contributed by atoms with Gasteiger partial charge in [0.2, 0.25) is 0 Å². The number of benzene rings is 1. The van der Waals surface area contributed by atoms with Gasteiger partial charge in [-0.05, 0) is 12.0 Å². The van der Waals surface area contributed by atoms with Gasteiger partial charge in [0.05, 0.1) is 0 Å². The lowest BCUT2D eigenvalue weighted by molar-refractivity contribution is -0.156. The average Bonchev–Trinajstić information content (AvgIpc) is 2.42. The van der Waals surface area contributed by atoms with Crippen molar-refractivity contribution in [3.8, 4) is 0 Å². The molecule has 0 radical (unpaired) electrons. The van der Waals surface area contributed by atoms with Crippen LogP contribution in [0.5, 0.6) is 0 Å². The van der Waals surface area contributed by atoms with Crippen LogP contribution in [-0.4, -0.2) is 23.2 Å². The fourth-order valence-electron chi connectivity index (χ4n) is 1.59. The van der Waals surface area contributed by atoms with Crippen molar-refractivity contribution in [2.24, 2.45) is 5.73 Å². The lowest BCUT2D eigenvalue weighted by Gasteiger charge is -2.17. The summed E-state index contributed by atoms with van der Waals surface area (Å²) in [6.45, 7) is 2.20. The Balaban J connectivity index is 2.36. The molecule has 1 aromatic rings. The summed E-state index contributed by atoms with van der Waals surface area (Å²) in [6, 6.07) is 8.79. The molecule has 0 aromatic heterocycles. The van der Waals surface area contributed by atoms with Gasteiger partial charge >= 0.3 is 5.97 Å². The number of carbonyl (C=O) groups is 1. The van der Waals surface area contributed by atoms with Gasteiger partial charge in [0, 0.05) is 6.04 Å². The minimum absolute atomic E-state index is 0.164. The van der Waals surface area contributed by atoms with E-state index in [-0.39, 0.29) is 6.61 Å². The number of aliphatic hydroxyl groups is 1. The fourth-order valence-corrected chi connectivity index (χ4v) is 1.59. The van der Waals surface area contributed by atoms with Gasteiger partial charge in [-0.2, -0.15) is 0 Å². The summed E-state index contributed by atoms with van der Waals surface area (Å²) in [5, 5.41) is 9.69. The number of carbonyl (C=O) groups excluding carboxylic acids is 1. The van der Waals surface area contributed by atoms with E-state index in [2.05, 4.69) is 0 Å². The van der Waals surface area contributed by atoms with Crippen LogP contribution < -0.4 is 5.73 Å². The molecule has 0 aliphatic heterocycles. The predicted octanol–water partition coefficient (Wildman–Crippen LogP) is 1.61. The second-order valence-electron chi connectivity index (χ2n) is 4.34. The van der Waals surface area contributed by atoms with Crippen molar-refractivity contribution < 1.29 is 14.6 Å². The van der Waals surface area contributed by atoms with Gasteiger partial charge in [0.1, 0.15) is 6.61 Å². The van der Waals surface area contributed by atoms with Crippen LogP contribution in [0.4, 0.5) is 0 Å². The average molecular weight is 251 g/mol. The van der Waals surface area contributed by atoms with Crippen LogP contribution in [0, 0.1) is 0 Å². The highest BCUT2D eigenvalue weighted by Crippen LogP contribution is 2.06. The molecule has 2 atom stereocenters. The molecule has 3 N–H and O–H groups in total. The van der Waals surface area contributed by atoms with Gasteiger partial charge in [-0.3, -0.25) is 0 Å². The van der Waals surface area contributed by atoms with E-state index in [1.54, 1.807) is 0 Å². The summed E-state index contributed by atoms with van der Waals surface area (Å²) >= 11 is 0. The van der Waals surface area contributed by atoms with E-state index in [1.165, 1.54) is 0 Å². The molecular weight excluding hydrogens is 230 g/mol. The highest BCUT2D eigenvalue weighted by molar-refractivity contribution is 5.75. The third kappa shape index (κ3) is 4.85. The van der Waals surface area contributed by atoms with Crippen LogP contribution in [0.15, 0.2) is 30.3 Å². The van der Waals surface area contributed by atoms with Crippen molar-refractivity contribution in [1.82, 2.24) is 0 Å². The zero-order valence-electron chi connectivity index (χ0n) is 10.7. The Morgan fingerprint density at radius 2 is 2.06 bits per heavy atom. The molecule has 0 saturated carbocycles. The SMILES string of the molecule is CCCC[C@H](N)C(O)C(=O)OCc1ccccc1. The van der Waals surface area contributed by atoms with Gasteiger partial charge < -0.3 is 15.6 Å². The highest BCUT2D eigenvalue weighted by Gasteiger charge is 2.23. The lowest BCUT2D eigenvalue weighted by atomic mass is 10.1. The van der Waals surface area contributed by atoms with Gasteiger partial charge in [-0.15, -0.1) is 0 Å². The van der Waals surface area contributed by atoms with Crippen molar-refractivity contribution in [3.63, 3.8) is 0 Å². The van der Waals surface area contributed by atoms with Gasteiger partial charge in [0.15, 0.2) is 6.10 Å². The summed E-state index contributed by atoms with van der Waals surface area (Å²) in [5.74, 6) is -0.651. The number of hydrogen-bond acceptors (Lipinski definition) is 4. The molecule has 1 aromatic carbocycles. The zero-order chi connectivity index (χ0) is 13.4. The number of esters is 1. The summed E-state index contributed by atoms with van der Waals surface area (Å²) < 4.78 is 5.02. The molecule has 1 rings (SSSR count). The first-order valence-electron chi connectivity index (χ1n) is 6.29. The summed E-state index contributed by atoms with van der Waals surface area (Å²) in [5.41, 5.74) is 6.61. The largest absolute Gasteiger partial charge is 0.459 e. The van der Waals surface area contributed by atoms with E-state index in [9.17, 15) is 9.90 Å². The molecule has 0 aliphatic rings. The first-order chi connectivity index (χ1) is 8.65. The molecule has 1 unspecified atom stereocenters. The van der Waals surface area contributed by atoms with E-state index < -0.39 is 18.1 Å². The smallest absolute Gasteiger partial charge is 0.336 e. The van der Waals surface area contributed by atoms with Crippen LogP contribution in [0.2, 0.25) is 0 Å². The third-order valence-corrected chi connectivity index (χ3v) is 2.76. The van der Waals surface area contributed by atoms with Crippen LogP contribution in [0.3, 0.4) is 0 Å². The molecule has 0 bridgehead atoms. The number of unbranched alkanes of at least 4 members (excludes halogenated alkanes) is 1. The second kappa shape index (κ2) is 7.84. The van der Waals surface area contributed by atoms with Crippen LogP contribution in [0.25, 0.3) is 0 Å². The Kier molecular flexibility index (Phi) is 6.39. The Hall–Kier alpha value is -1.39. The molecule has 18 heavy (non-hydrogen) atoms. The Labute approximate surface area is 108 Å². The maximum atomic E-state index is 11.6. The maximum absolute atomic E-state index is 11.6. The number of aliphatic hydroxyl groups excluding tert-OH is 1. The van der Waals surface area contributed by atoms with Gasteiger partial charge in [-0.1, -0.05) is 50.1 Å². The van der Waals surface area contributed by atoms with E-state index in [4.69, 9.17) is 10.5 Å². The molecule has 4 heteroatoms. The minimum Gasteiger partial charge on any atom is -0.459 e. The quantitative estimate of drug-likeness (QED) is 0.722. The Bertz CT molecular complexity index is 353. The van der Waals surface area contributed by atoms with E-state index in [0.717, 1.165) is 18.4 Å². The van der Waals surface area contributed by atoms with E-state index >= 15 is 0 Å². The minimum atomic E-state index is -1.24. The normalized spacial score (nSPS) is 13.9.